The molecule has 7 heteroatoms. The Morgan fingerprint density at radius 1 is 1.23 bits per heavy atom. The lowest BCUT2D eigenvalue weighted by atomic mass is 9.97. The van der Waals surface area contributed by atoms with Crippen molar-refractivity contribution in [1.29, 1.82) is 0 Å². The lowest BCUT2D eigenvalue weighted by molar-refractivity contribution is -0.126. The molecule has 1 atom stereocenters. The van der Waals surface area contributed by atoms with E-state index in [1.54, 1.807) is 12.1 Å². The van der Waals surface area contributed by atoms with Crippen LogP contribution >= 0.6 is 0 Å². The minimum absolute atomic E-state index is 0.0566. The van der Waals surface area contributed by atoms with E-state index in [0.717, 1.165) is 46.1 Å². The van der Waals surface area contributed by atoms with Crippen LogP contribution in [0.1, 0.15) is 24.0 Å². The number of carbonyl (C=O) groups excluding carboxylic acids is 2. The van der Waals surface area contributed by atoms with Crippen LogP contribution in [-0.4, -0.2) is 34.9 Å². The summed E-state index contributed by atoms with van der Waals surface area (Å²) in [7, 11) is 0. The summed E-state index contributed by atoms with van der Waals surface area (Å²) >= 11 is 0. The molecule has 3 aromatic rings. The molecule has 1 unspecified atom stereocenters. The Morgan fingerprint density at radius 2 is 2.00 bits per heavy atom. The Kier molecular flexibility index (Phi) is 5.44. The Labute approximate surface area is 174 Å². The molecule has 1 aliphatic rings. The largest absolute Gasteiger partial charge is 0.354 e. The number of aryl methyl sites for hydroxylation is 1. The molecule has 1 saturated heterocycles. The first kappa shape index (κ1) is 19.9. The Morgan fingerprint density at radius 3 is 2.73 bits per heavy atom. The maximum atomic E-state index is 13.2. The second-order valence-corrected chi connectivity index (χ2v) is 7.85. The molecule has 1 aromatic heterocycles. The van der Waals surface area contributed by atoms with E-state index >= 15 is 0 Å². The van der Waals surface area contributed by atoms with Crippen LogP contribution in [0, 0.1) is 18.7 Å². The summed E-state index contributed by atoms with van der Waals surface area (Å²) in [5.41, 5.74) is 10.3. The maximum Gasteiger partial charge on any atom is 0.314 e. The summed E-state index contributed by atoms with van der Waals surface area (Å²) in [5, 5.41) is 4.06. The van der Waals surface area contributed by atoms with Crippen molar-refractivity contribution in [2.75, 3.05) is 13.1 Å². The molecule has 3 amide bonds. The highest BCUT2D eigenvalue weighted by atomic mass is 19.1. The van der Waals surface area contributed by atoms with Crippen molar-refractivity contribution in [1.82, 2.24) is 15.2 Å². The molecule has 2 aromatic carbocycles. The fraction of sp³-hybridized carbons (Fsp3) is 0.304. The monoisotopic (exact) mass is 408 g/mol. The molecular formula is C23H25FN4O2. The van der Waals surface area contributed by atoms with Crippen molar-refractivity contribution in [2.24, 2.45) is 11.7 Å². The van der Waals surface area contributed by atoms with Gasteiger partial charge in [-0.1, -0.05) is 6.07 Å². The van der Waals surface area contributed by atoms with Crippen molar-refractivity contribution in [3.8, 4) is 11.3 Å². The van der Waals surface area contributed by atoms with Gasteiger partial charge in [-0.05, 0) is 72.9 Å². The van der Waals surface area contributed by atoms with Crippen LogP contribution in [0.15, 0.2) is 42.5 Å². The average Bonchev–Trinajstić information content (AvgIpc) is 3.08. The SMILES string of the molecule is Cc1c(-c2ccc(F)cc2)[nH]c2ccc(CNC(=O)C3CCCN(C(N)=O)C3)cc12. The molecular weight excluding hydrogens is 383 g/mol. The third-order valence-electron chi connectivity index (χ3n) is 5.83. The first-order valence-corrected chi connectivity index (χ1v) is 10.1. The van der Waals surface area contributed by atoms with Gasteiger partial charge in [0.1, 0.15) is 5.82 Å². The fourth-order valence-corrected chi connectivity index (χ4v) is 4.11. The van der Waals surface area contributed by atoms with E-state index in [9.17, 15) is 14.0 Å². The number of nitrogens with two attached hydrogens (primary N) is 1. The predicted octanol–water partition coefficient (Wildman–Crippen LogP) is 3.69. The molecule has 4 rings (SSSR count). The number of aromatic nitrogens is 1. The molecule has 30 heavy (non-hydrogen) atoms. The second-order valence-electron chi connectivity index (χ2n) is 7.85. The molecule has 6 nitrogen and oxygen atoms in total. The van der Waals surface area contributed by atoms with Gasteiger partial charge in [-0.2, -0.15) is 0 Å². The highest BCUT2D eigenvalue weighted by molar-refractivity contribution is 5.91. The number of carbonyl (C=O) groups is 2. The molecule has 2 heterocycles. The smallest absolute Gasteiger partial charge is 0.314 e. The number of benzene rings is 2. The number of H-pyrrole nitrogens is 1. The van der Waals surface area contributed by atoms with Crippen molar-refractivity contribution in [2.45, 2.75) is 26.3 Å². The number of urea groups is 1. The number of piperidine rings is 1. The summed E-state index contributed by atoms with van der Waals surface area (Å²) < 4.78 is 13.2. The van der Waals surface area contributed by atoms with Crippen LogP contribution in [0.25, 0.3) is 22.2 Å². The van der Waals surface area contributed by atoms with Crippen molar-refractivity contribution in [3.63, 3.8) is 0 Å². The predicted molar refractivity (Wildman–Crippen MR) is 114 cm³/mol. The molecule has 0 saturated carbocycles. The third-order valence-corrected chi connectivity index (χ3v) is 5.83. The number of fused-ring (bicyclic) bond motifs is 1. The van der Waals surface area contributed by atoms with Crippen molar-refractivity contribution >= 4 is 22.8 Å². The molecule has 156 valence electrons. The molecule has 0 aliphatic carbocycles. The number of primary amides is 1. The van der Waals surface area contributed by atoms with Gasteiger partial charge in [0.15, 0.2) is 0 Å². The van der Waals surface area contributed by atoms with Gasteiger partial charge in [0.05, 0.1) is 5.92 Å². The average molecular weight is 408 g/mol. The number of likely N-dealkylation sites (tertiary alicyclic amines) is 1. The number of halogens is 1. The van der Waals surface area contributed by atoms with E-state index in [2.05, 4.69) is 16.4 Å². The van der Waals surface area contributed by atoms with Gasteiger partial charge in [0.2, 0.25) is 5.91 Å². The third kappa shape index (κ3) is 4.01. The quantitative estimate of drug-likeness (QED) is 0.614. The van der Waals surface area contributed by atoms with Gasteiger partial charge in [-0.25, -0.2) is 9.18 Å². The van der Waals surface area contributed by atoms with E-state index in [1.165, 1.54) is 17.0 Å². The number of aromatic amines is 1. The van der Waals surface area contributed by atoms with Gasteiger partial charge in [-0.3, -0.25) is 4.79 Å². The van der Waals surface area contributed by atoms with E-state index in [-0.39, 0.29) is 17.6 Å². The molecule has 1 aliphatic heterocycles. The van der Waals surface area contributed by atoms with E-state index < -0.39 is 6.03 Å². The standard InChI is InChI=1S/C23H25FN4O2/c1-14-19-11-15(12-26-22(29)17-3-2-10-28(13-17)23(25)30)4-9-20(19)27-21(14)16-5-7-18(24)8-6-16/h4-9,11,17,27H,2-3,10,12-13H2,1H3,(H2,25,30)(H,26,29). The molecule has 0 radical (unpaired) electrons. The van der Waals surface area contributed by atoms with E-state index in [0.29, 0.717) is 19.6 Å². The van der Waals surface area contributed by atoms with Crippen molar-refractivity contribution < 1.29 is 14.0 Å². The minimum atomic E-state index is -0.474. The first-order valence-electron chi connectivity index (χ1n) is 10.1. The van der Waals surface area contributed by atoms with Crippen molar-refractivity contribution in [3.05, 3.63) is 59.4 Å². The highest BCUT2D eigenvalue weighted by Crippen LogP contribution is 2.30. The van der Waals surface area contributed by atoms with Gasteiger partial charge < -0.3 is 20.9 Å². The second kappa shape index (κ2) is 8.18. The Bertz CT molecular complexity index is 1090. The fourth-order valence-electron chi connectivity index (χ4n) is 4.11. The number of amides is 3. The summed E-state index contributed by atoms with van der Waals surface area (Å²) in [6.07, 6.45) is 1.54. The summed E-state index contributed by atoms with van der Waals surface area (Å²) in [5.74, 6) is -0.546. The normalized spacial score (nSPS) is 16.6. The lowest BCUT2D eigenvalue weighted by Gasteiger charge is -2.30. The number of nitrogens with zero attached hydrogens (tertiary/aromatic N) is 1. The first-order chi connectivity index (χ1) is 14.4. The number of hydrogen-bond acceptors (Lipinski definition) is 2. The van der Waals surface area contributed by atoms with Crippen LogP contribution in [0.5, 0.6) is 0 Å². The van der Waals surface area contributed by atoms with Crippen LogP contribution in [0.3, 0.4) is 0 Å². The molecule has 1 fully saturated rings. The van der Waals surface area contributed by atoms with Gasteiger partial charge in [0.25, 0.3) is 0 Å². The summed E-state index contributed by atoms with van der Waals surface area (Å²) in [6, 6.07) is 12.0. The van der Waals surface area contributed by atoms with E-state index in [1.807, 2.05) is 19.1 Å². The zero-order chi connectivity index (χ0) is 21.3. The molecule has 0 spiro atoms. The Balaban J connectivity index is 1.47. The number of rotatable bonds is 4. The zero-order valence-electron chi connectivity index (χ0n) is 16.9. The van der Waals surface area contributed by atoms with Gasteiger partial charge in [0, 0.05) is 36.2 Å². The lowest BCUT2D eigenvalue weighted by Crippen LogP contribution is -2.47. The summed E-state index contributed by atoms with van der Waals surface area (Å²) in [6.45, 7) is 3.43. The van der Waals surface area contributed by atoms with Crippen LogP contribution < -0.4 is 11.1 Å². The maximum absolute atomic E-state index is 13.2. The topological polar surface area (TPSA) is 91.2 Å². The Hall–Kier alpha value is -3.35. The van der Waals surface area contributed by atoms with Gasteiger partial charge in [-0.15, -0.1) is 0 Å². The summed E-state index contributed by atoms with van der Waals surface area (Å²) in [4.78, 5) is 28.9. The van der Waals surface area contributed by atoms with Gasteiger partial charge >= 0.3 is 6.03 Å². The minimum Gasteiger partial charge on any atom is -0.354 e. The number of nitrogens with one attached hydrogen (secondary N) is 2. The highest BCUT2D eigenvalue weighted by Gasteiger charge is 2.27. The number of hydrogen-bond donors (Lipinski definition) is 3. The molecule has 4 N–H and O–H groups in total. The van der Waals surface area contributed by atoms with E-state index in [4.69, 9.17) is 5.73 Å². The zero-order valence-corrected chi connectivity index (χ0v) is 16.9. The molecule has 0 bridgehead atoms. The van der Waals surface area contributed by atoms with Crippen LogP contribution in [0.4, 0.5) is 9.18 Å². The van der Waals surface area contributed by atoms with Crippen LogP contribution in [-0.2, 0) is 11.3 Å². The van der Waals surface area contributed by atoms with Crippen LogP contribution in [0.2, 0.25) is 0 Å².